The summed E-state index contributed by atoms with van der Waals surface area (Å²) in [6, 6.07) is 11.4. The van der Waals surface area contributed by atoms with Gasteiger partial charge in [-0.25, -0.2) is 0 Å². The molecule has 0 bridgehead atoms. The van der Waals surface area contributed by atoms with E-state index >= 15 is 0 Å². The van der Waals surface area contributed by atoms with E-state index in [0.29, 0.717) is 12.1 Å². The second-order valence-electron chi connectivity index (χ2n) is 3.84. The third kappa shape index (κ3) is 3.11. The third-order valence-corrected chi connectivity index (χ3v) is 2.75. The molecule has 0 fully saturated rings. The van der Waals surface area contributed by atoms with Crippen molar-refractivity contribution in [2.24, 2.45) is 0 Å². The van der Waals surface area contributed by atoms with Gasteiger partial charge in [-0.1, -0.05) is 22.5 Å². The fourth-order valence-corrected chi connectivity index (χ4v) is 1.71. The van der Waals surface area contributed by atoms with E-state index in [2.05, 4.69) is 27.8 Å². The highest BCUT2D eigenvalue weighted by Crippen LogP contribution is 2.10. The molecule has 0 atom stereocenters. The minimum atomic E-state index is -0.102. The van der Waals surface area contributed by atoms with Crippen molar-refractivity contribution in [2.45, 2.75) is 0 Å². The lowest BCUT2D eigenvalue weighted by atomic mass is 10.2. The molecule has 1 aromatic heterocycles. The predicted molar refractivity (Wildman–Crippen MR) is 76.2 cm³/mol. The predicted octanol–water partition coefficient (Wildman–Crippen LogP) is 3.12. The van der Waals surface area contributed by atoms with Gasteiger partial charge in [0.1, 0.15) is 0 Å². The van der Waals surface area contributed by atoms with Crippen LogP contribution in [-0.4, -0.2) is 17.0 Å². The van der Waals surface area contributed by atoms with E-state index in [4.69, 9.17) is 0 Å². The van der Waals surface area contributed by atoms with Crippen LogP contribution >= 0.6 is 15.9 Å². The fourth-order valence-electron chi connectivity index (χ4n) is 1.57. The quantitative estimate of drug-likeness (QED) is 0.925. The van der Waals surface area contributed by atoms with Crippen molar-refractivity contribution in [3.8, 4) is 5.69 Å². The Hall–Kier alpha value is -1.81. The van der Waals surface area contributed by atoms with Gasteiger partial charge in [-0.2, -0.15) is 0 Å². The maximum absolute atomic E-state index is 11.8. The standard InChI is InChI=1S/C14H13BrN2O/c1-11(15)10-16-14(18)12-4-6-13(7-5-12)17-8-2-3-9-17/h2-9H,1,10H2,(H,16,18). The van der Waals surface area contributed by atoms with Gasteiger partial charge in [0.15, 0.2) is 0 Å². The van der Waals surface area contributed by atoms with Gasteiger partial charge in [-0.15, -0.1) is 0 Å². The number of carbonyl (C=O) groups excluding carboxylic acids is 1. The summed E-state index contributed by atoms with van der Waals surface area (Å²) in [6.45, 7) is 4.10. The topological polar surface area (TPSA) is 34.0 Å². The Balaban J connectivity index is 2.08. The van der Waals surface area contributed by atoms with E-state index < -0.39 is 0 Å². The van der Waals surface area contributed by atoms with E-state index in [-0.39, 0.29) is 5.91 Å². The van der Waals surface area contributed by atoms with Crippen molar-refractivity contribution >= 4 is 21.8 Å². The highest BCUT2D eigenvalue weighted by atomic mass is 79.9. The summed E-state index contributed by atoms with van der Waals surface area (Å²) in [5.41, 5.74) is 1.67. The van der Waals surface area contributed by atoms with Crippen LogP contribution in [0.3, 0.4) is 0 Å². The molecule has 2 rings (SSSR count). The number of nitrogens with one attached hydrogen (secondary N) is 1. The number of benzene rings is 1. The minimum absolute atomic E-state index is 0.102. The molecule has 0 radical (unpaired) electrons. The molecular weight excluding hydrogens is 292 g/mol. The van der Waals surface area contributed by atoms with Gasteiger partial charge in [-0.3, -0.25) is 4.79 Å². The van der Waals surface area contributed by atoms with Gasteiger partial charge in [0, 0.05) is 34.7 Å². The molecule has 0 unspecified atom stereocenters. The molecule has 2 aromatic rings. The lowest BCUT2D eigenvalue weighted by molar-refractivity contribution is 0.0958. The number of halogens is 1. The summed E-state index contributed by atoms with van der Waals surface area (Å²) >= 11 is 3.20. The highest BCUT2D eigenvalue weighted by molar-refractivity contribution is 9.11. The van der Waals surface area contributed by atoms with Crippen LogP contribution in [-0.2, 0) is 0 Å². The largest absolute Gasteiger partial charge is 0.347 e. The Labute approximate surface area is 114 Å². The number of rotatable bonds is 4. The Morgan fingerprint density at radius 1 is 1.22 bits per heavy atom. The Kier molecular flexibility index (Phi) is 3.99. The number of hydrogen-bond donors (Lipinski definition) is 1. The summed E-state index contributed by atoms with van der Waals surface area (Å²) in [7, 11) is 0. The van der Waals surface area contributed by atoms with E-state index in [1.165, 1.54) is 0 Å². The number of hydrogen-bond acceptors (Lipinski definition) is 1. The monoisotopic (exact) mass is 304 g/mol. The molecule has 18 heavy (non-hydrogen) atoms. The number of nitrogens with zero attached hydrogens (tertiary/aromatic N) is 1. The van der Waals surface area contributed by atoms with Crippen LogP contribution < -0.4 is 5.32 Å². The van der Waals surface area contributed by atoms with E-state index in [1.54, 1.807) is 0 Å². The summed E-state index contributed by atoms with van der Waals surface area (Å²) < 4.78 is 2.74. The molecule has 0 saturated heterocycles. The van der Waals surface area contributed by atoms with Crippen molar-refractivity contribution in [2.75, 3.05) is 6.54 Å². The minimum Gasteiger partial charge on any atom is -0.347 e. The average molecular weight is 305 g/mol. The molecule has 92 valence electrons. The molecule has 3 nitrogen and oxygen atoms in total. The molecule has 4 heteroatoms. The first-order valence-corrected chi connectivity index (χ1v) is 6.31. The Morgan fingerprint density at radius 2 is 1.83 bits per heavy atom. The Morgan fingerprint density at radius 3 is 2.39 bits per heavy atom. The zero-order valence-corrected chi connectivity index (χ0v) is 11.4. The maximum atomic E-state index is 11.8. The summed E-state index contributed by atoms with van der Waals surface area (Å²) in [5.74, 6) is -0.102. The Bertz CT molecular complexity index is 544. The number of carbonyl (C=O) groups is 1. The zero-order valence-electron chi connectivity index (χ0n) is 9.77. The van der Waals surface area contributed by atoms with Crippen LogP contribution in [0.4, 0.5) is 0 Å². The molecule has 1 aromatic carbocycles. The lowest BCUT2D eigenvalue weighted by Gasteiger charge is -2.06. The first-order chi connectivity index (χ1) is 8.66. The third-order valence-electron chi connectivity index (χ3n) is 2.47. The molecule has 1 N–H and O–H groups in total. The van der Waals surface area contributed by atoms with Crippen LogP contribution in [0, 0.1) is 0 Å². The van der Waals surface area contributed by atoms with Crippen LogP contribution in [0.15, 0.2) is 59.9 Å². The van der Waals surface area contributed by atoms with Gasteiger partial charge in [-0.05, 0) is 36.4 Å². The van der Waals surface area contributed by atoms with E-state index in [9.17, 15) is 4.79 Å². The molecule has 0 aliphatic rings. The first kappa shape index (κ1) is 12.6. The van der Waals surface area contributed by atoms with Gasteiger partial charge >= 0.3 is 0 Å². The summed E-state index contributed by atoms with van der Waals surface area (Å²) in [4.78, 5) is 11.8. The van der Waals surface area contributed by atoms with Gasteiger partial charge < -0.3 is 9.88 Å². The second kappa shape index (κ2) is 5.69. The van der Waals surface area contributed by atoms with Crippen LogP contribution in [0.5, 0.6) is 0 Å². The SMILES string of the molecule is C=C(Br)CNC(=O)c1ccc(-n2cccc2)cc1. The fraction of sp³-hybridized carbons (Fsp3) is 0.0714. The lowest BCUT2D eigenvalue weighted by Crippen LogP contribution is -2.24. The van der Waals surface area contributed by atoms with Crippen molar-refractivity contribution in [3.63, 3.8) is 0 Å². The smallest absolute Gasteiger partial charge is 0.251 e. The molecule has 0 aliphatic heterocycles. The number of aromatic nitrogens is 1. The number of amides is 1. The van der Waals surface area contributed by atoms with E-state index in [1.807, 2.05) is 53.4 Å². The van der Waals surface area contributed by atoms with Crippen molar-refractivity contribution in [1.82, 2.24) is 9.88 Å². The highest BCUT2D eigenvalue weighted by Gasteiger charge is 2.05. The van der Waals surface area contributed by atoms with Crippen molar-refractivity contribution < 1.29 is 4.79 Å². The molecule has 0 aliphatic carbocycles. The molecule has 1 amide bonds. The first-order valence-electron chi connectivity index (χ1n) is 5.52. The van der Waals surface area contributed by atoms with Crippen molar-refractivity contribution in [1.29, 1.82) is 0 Å². The van der Waals surface area contributed by atoms with Gasteiger partial charge in [0.05, 0.1) is 0 Å². The summed E-state index contributed by atoms with van der Waals surface area (Å²) in [5, 5.41) is 2.76. The maximum Gasteiger partial charge on any atom is 0.251 e. The van der Waals surface area contributed by atoms with E-state index in [0.717, 1.165) is 10.2 Å². The normalized spacial score (nSPS) is 10.1. The van der Waals surface area contributed by atoms with Crippen LogP contribution in [0.2, 0.25) is 0 Å². The molecular formula is C14H13BrN2O. The molecule has 0 spiro atoms. The van der Waals surface area contributed by atoms with Gasteiger partial charge in [0.25, 0.3) is 5.91 Å². The van der Waals surface area contributed by atoms with Crippen molar-refractivity contribution in [3.05, 3.63) is 65.4 Å². The van der Waals surface area contributed by atoms with Crippen LogP contribution in [0.1, 0.15) is 10.4 Å². The second-order valence-corrected chi connectivity index (χ2v) is 4.96. The zero-order chi connectivity index (χ0) is 13.0. The summed E-state index contributed by atoms with van der Waals surface area (Å²) in [6.07, 6.45) is 3.92. The van der Waals surface area contributed by atoms with Crippen LogP contribution in [0.25, 0.3) is 5.69 Å². The van der Waals surface area contributed by atoms with Gasteiger partial charge in [0.2, 0.25) is 0 Å². The average Bonchev–Trinajstić information content (AvgIpc) is 2.90. The molecule has 1 heterocycles. The molecule has 0 saturated carbocycles.